The number of nitrogens with zero attached hydrogens (tertiary/aromatic N) is 2. The van der Waals surface area contributed by atoms with Gasteiger partial charge in [0.15, 0.2) is 0 Å². The second-order valence-electron chi connectivity index (χ2n) is 8.82. The molecule has 0 aromatic rings. The summed E-state index contributed by atoms with van der Waals surface area (Å²) in [5.41, 5.74) is 0. The number of likely N-dealkylation sites (tertiary alicyclic amines) is 1. The smallest absolute Gasteiger partial charge is 0.102 e. The minimum absolute atomic E-state index is 0.825. The molecule has 0 spiro atoms. The Morgan fingerprint density at radius 1 is 0.818 bits per heavy atom. The first kappa shape index (κ1) is 16.7. The minimum Gasteiger partial charge on any atom is -0.375 e. The fourth-order valence-corrected chi connectivity index (χ4v) is 5.45. The van der Waals surface area contributed by atoms with Crippen LogP contribution < -0.4 is 0 Å². The van der Waals surface area contributed by atoms with Gasteiger partial charge in [0, 0.05) is 12.3 Å². The number of hydrogen-bond donors (Lipinski definition) is 0. The minimum atomic E-state index is 0.825. The third-order valence-electron chi connectivity index (χ3n) is 7.01. The average molecular weight is 311 g/mol. The Bertz CT molecular complexity index is 349. The van der Waals surface area contributed by atoms with E-state index in [0.29, 0.717) is 0 Å². The lowest BCUT2D eigenvalue weighted by Gasteiger charge is -2.51. The second kappa shape index (κ2) is 7.19. The molecule has 0 bridgehead atoms. The Hall–Kier alpha value is -0.120. The Morgan fingerprint density at radius 3 is 2.36 bits per heavy atom. The van der Waals surface area contributed by atoms with Gasteiger partial charge in [-0.25, -0.2) is 0 Å². The van der Waals surface area contributed by atoms with E-state index in [0.717, 1.165) is 25.2 Å². The van der Waals surface area contributed by atoms with E-state index in [2.05, 4.69) is 14.1 Å². The molecule has 3 aliphatic heterocycles. The Morgan fingerprint density at radius 2 is 1.55 bits per heavy atom. The van der Waals surface area contributed by atoms with Crippen LogP contribution in [-0.4, -0.2) is 75.0 Å². The molecule has 3 rings (SSSR count). The molecule has 0 radical (unpaired) electrons. The Labute approximate surface area is 137 Å². The molecule has 3 heteroatoms. The molecular formula is C19H38N2O+2. The van der Waals surface area contributed by atoms with E-state index in [9.17, 15) is 0 Å². The van der Waals surface area contributed by atoms with E-state index in [1.807, 2.05) is 0 Å². The second-order valence-corrected chi connectivity index (χ2v) is 8.82. The Balaban J connectivity index is 1.43. The summed E-state index contributed by atoms with van der Waals surface area (Å²) in [4.78, 5) is 0. The van der Waals surface area contributed by atoms with Crippen molar-refractivity contribution in [3.63, 3.8) is 0 Å². The molecule has 0 aliphatic carbocycles. The van der Waals surface area contributed by atoms with Crippen molar-refractivity contribution in [2.24, 2.45) is 5.92 Å². The third kappa shape index (κ3) is 3.85. The van der Waals surface area contributed by atoms with E-state index >= 15 is 0 Å². The van der Waals surface area contributed by atoms with Crippen LogP contribution in [0.4, 0.5) is 0 Å². The standard InChI is InChI=1S/C19H38N2O/c1-20(11-5-3-6-12-20)15-16-22-17-18-9-8-14-21(2)13-7-4-10-19(18)21/h18-19H,3-17H2,1-2H3/q+2/t18-,19-,21?/m1/s1. The predicted molar refractivity (Wildman–Crippen MR) is 91.7 cm³/mol. The van der Waals surface area contributed by atoms with Crippen molar-refractivity contribution in [1.82, 2.24) is 0 Å². The SMILES string of the molecule is C[N+]1(CCOC[C@H]2CCC[N+]3(C)CCCC[C@H]23)CCCCC1. The normalized spacial score (nSPS) is 38.5. The van der Waals surface area contributed by atoms with Crippen LogP contribution in [0.15, 0.2) is 0 Å². The molecule has 0 aromatic heterocycles. The van der Waals surface area contributed by atoms with Gasteiger partial charge in [0.05, 0.1) is 59.5 Å². The molecular weight excluding hydrogens is 272 g/mol. The summed E-state index contributed by atoms with van der Waals surface area (Å²) < 4.78 is 8.81. The summed E-state index contributed by atoms with van der Waals surface area (Å²) in [6, 6.07) is 0.891. The first-order valence-corrected chi connectivity index (χ1v) is 9.87. The van der Waals surface area contributed by atoms with Gasteiger partial charge in [-0.2, -0.15) is 0 Å². The van der Waals surface area contributed by atoms with Crippen molar-refractivity contribution >= 4 is 0 Å². The van der Waals surface area contributed by atoms with E-state index < -0.39 is 0 Å². The molecule has 1 unspecified atom stereocenters. The van der Waals surface area contributed by atoms with E-state index in [1.165, 1.54) is 93.1 Å². The summed E-state index contributed by atoms with van der Waals surface area (Å²) >= 11 is 0. The highest BCUT2D eigenvalue weighted by molar-refractivity contribution is 4.78. The monoisotopic (exact) mass is 310 g/mol. The highest BCUT2D eigenvalue weighted by atomic mass is 16.5. The van der Waals surface area contributed by atoms with Crippen molar-refractivity contribution in [3.05, 3.63) is 0 Å². The van der Waals surface area contributed by atoms with Crippen molar-refractivity contribution in [1.29, 1.82) is 0 Å². The first-order chi connectivity index (χ1) is 10.6. The first-order valence-electron chi connectivity index (χ1n) is 9.87. The molecule has 0 saturated carbocycles. The van der Waals surface area contributed by atoms with Gasteiger partial charge in [-0.3, -0.25) is 0 Å². The molecule has 22 heavy (non-hydrogen) atoms. The zero-order valence-corrected chi connectivity index (χ0v) is 15.1. The number of fused-ring (bicyclic) bond motifs is 1. The molecule has 128 valence electrons. The number of ether oxygens (including phenoxy) is 1. The topological polar surface area (TPSA) is 9.23 Å². The molecule has 3 nitrogen and oxygen atoms in total. The molecule has 3 fully saturated rings. The fourth-order valence-electron chi connectivity index (χ4n) is 5.45. The largest absolute Gasteiger partial charge is 0.375 e. The van der Waals surface area contributed by atoms with Crippen LogP contribution in [0.5, 0.6) is 0 Å². The third-order valence-corrected chi connectivity index (χ3v) is 7.01. The van der Waals surface area contributed by atoms with Gasteiger partial charge >= 0.3 is 0 Å². The highest BCUT2D eigenvalue weighted by Gasteiger charge is 2.43. The van der Waals surface area contributed by atoms with Crippen LogP contribution in [0, 0.1) is 5.92 Å². The molecule has 0 N–H and O–H groups in total. The number of likely N-dealkylation sites (N-methyl/N-ethyl adjacent to an activating group) is 1. The van der Waals surface area contributed by atoms with Gasteiger partial charge in [-0.05, 0) is 44.9 Å². The molecule has 0 amide bonds. The zero-order chi connectivity index (χ0) is 15.5. The number of rotatable bonds is 5. The molecule has 3 atom stereocenters. The van der Waals surface area contributed by atoms with Crippen LogP contribution in [-0.2, 0) is 4.74 Å². The van der Waals surface area contributed by atoms with Crippen LogP contribution in [0.25, 0.3) is 0 Å². The van der Waals surface area contributed by atoms with Gasteiger partial charge < -0.3 is 13.7 Å². The van der Waals surface area contributed by atoms with Crippen LogP contribution in [0.3, 0.4) is 0 Å². The van der Waals surface area contributed by atoms with Crippen LogP contribution in [0.2, 0.25) is 0 Å². The quantitative estimate of drug-likeness (QED) is 0.560. The summed E-state index contributed by atoms with van der Waals surface area (Å²) in [7, 11) is 4.94. The van der Waals surface area contributed by atoms with Gasteiger partial charge in [-0.1, -0.05) is 0 Å². The van der Waals surface area contributed by atoms with Crippen molar-refractivity contribution in [2.75, 3.05) is 60.0 Å². The molecule has 3 heterocycles. The zero-order valence-electron chi connectivity index (χ0n) is 15.1. The molecule has 3 saturated heterocycles. The lowest BCUT2D eigenvalue weighted by Crippen LogP contribution is -2.61. The summed E-state index contributed by atoms with van der Waals surface area (Å²) in [5, 5.41) is 0. The maximum absolute atomic E-state index is 6.21. The van der Waals surface area contributed by atoms with Gasteiger partial charge in [0.25, 0.3) is 0 Å². The average Bonchev–Trinajstić information content (AvgIpc) is 2.51. The van der Waals surface area contributed by atoms with Crippen molar-refractivity contribution in [2.45, 2.75) is 57.4 Å². The molecule has 3 aliphatic rings. The fraction of sp³-hybridized carbons (Fsp3) is 1.00. The highest BCUT2D eigenvalue weighted by Crippen LogP contribution is 2.36. The lowest BCUT2D eigenvalue weighted by atomic mass is 9.82. The predicted octanol–water partition coefficient (Wildman–Crippen LogP) is 3.04. The van der Waals surface area contributed by atoms with Crippen molar-refractivity contribution in [3.8, 4) is 0 Å². The summed E-state index contributed by atoms with van der Waals surface area (Å²) in [6.07, 6.45) is 11.4. The summed E-state index contributed by atoms with van der Waals surface area (Å²) in [5.74, 6) is 0.825. The van der Waals surface area contributed by atoms with Gasteiger partial charge in [0.2, 0.25) is 0 Å². The van der Waals surface area contributed by atoms with E-state index in [-0.39, 0.29) is 0 Å². The van der Waals surface area contributed by atoms with Gasteiger partial charge in [-0.15, -0.1) is 0 Å². The Kier molecular flexibility index (Phi) is 5.47. The van der Waals surface area contributed by atoms with E-state index in [4.69, 9.17) is 4.74 Å². The maximum Gasteiger partial charge on any atom is 0.102 e. The van der Waals surface area contributed by atoms with Crippen LogP contribution in [0.1, 0.15) is 51.4 Å². The lowest BCUT2D eigenvalue weighted by molar-refractivity contribution is -0.947. The number of quaternary nitrogens is 2. The van der Waals surface area contributed by atoms with Crippen LogP contribution >= 0.6 is 0 Å². The van der Waals surface area contributed by atoms with E-state index in [1.54, 1.807) is 0 Å². The number of hydrogen-bond acceptors (Lipinski definition) is 1. The number of piperidine rings is 3. The van der Waals surface area contributed by atoms with Gasteiger partial charge in [0.1, 0.15) is 6.54 Å². The summed E-state index contributed by atoms with van der Waals surface area (Å²) in [6.45, 7) is 8.78. The van der Waals surface area contributed by atoms with Crippen molar-refractivity contribution < 1.29 is 13.7 Å². The maximum atomic E-state index is 6.21. The molecule has 0 aromatic carbocycles.